The second kappa shape index (κ2) is 8.62. The molecule has 2 aromatic rings. The Bertz CT molecular complexity index is 681. The third-order valence-corrected chi connectivity index (χ3v) is 4.59. The van der Waals surface area contributed by atoms with Crippen LogP contribution in [0, 0.1) is 6.92 Å². The number of anilines is 1. The van der Waals surface area contributed by atoms with E-state index in [-0.39, 0.29) is 5.91 Å². The molecule has 0 bridgehead atoms. The van der Waals surface area contributed by atoms with Crippen molar-refractivity contribution in [1.29, 1.82) is 0 Å². The predicted octanol–water partition coefficient (Wildman–Crippen LogP) is 2.22. The van der Waals surface area contributed by atoms with E-state index in [4.69, 9.17) is 0 Å². The third kappa shape index (κ3) is 5.03. The van der Waals surface area contributed by atoms with Gasteiger partial charge in [0.1, 0.15) is 0 Å². The molecule has 0 spiro atoms. The first-order valence-electron chi connectivity index (χ1n) is 8.91. The van der Waals surface area contributed by atoms with Crippen molar-refractivity contribution in [3.63, 3.8) is 0 Å². The number of nitrogens with one attached hydrogen (secondary N) is 1. The van der Waals surface area contributed by atoms with Crippen molar-refractivity contribution in [2.24, 2.45) is 0 Å². The van der Waals surface area contributed by atoms with Gasteiger partial charge in [-0.2, -0.15) is 0 Å². The number of pyridine rings is 1. The van der Waals surface area contributed by atoms with E-state index in [1.807, 2.05) is 17.0 Å². The number of aromatic nitrogens is 1. The molecule has 1 fully saturated rings. The molecule has 132 valence electrons. The van der Waals surface area contributed by atoms with Gasteiger partial charge in [0.2, 0.25) is 5.91 Å². The third-order valence-electron chi connectivity index (χ3n) is 4.59. The molecule has 0 saturated carbocycles. The Kier molecular flexibility index (Phi) is 6.01. The van der Waals surface area contributed by atoms with Gasteiger partial charge in [-0.25, -0.2) is 0 Å². The van der Waals surface area contributed by atoms with E-state index in [0.717, 1.165) is 32.7 Å². The van der Waals surface area contributed by atoms with Gasteiger partial charge in [0.05, 0.1) is 0 Å². The Labute approximate surface area is 149 Å². The Morgan fingerprint density at radius 2 is 1.88 bits per heavy atom. The second-order valence-electron chi connectivity index (χ2n) is 6.49. The first-order chi connectivity index (χ1) is 12.2. The molecule has 0 radical (unpaired) electrons. The Morgan fingerprint density at radius 3 is 2.60 bits per heavy atom. The van der Waals surface area contributed by atoms with Crippen LogP contribution in [0.1, 0.15) is 17.5 Å². The van der Waals surface area contributed by atoms with Crippen molar-refractivity contribution in [2.45, 2.75) is 19.9 Å². The largest absolute Gasteiger partial charge is 0.368 e. The Morgan fingerprint density at radius 1 is 1.12 bits per heavy atom. The topological polar surface area (TPSA) is 48.5 Å². The summed E-state index contributed by atoms with van der Waals surface area (Å²) in [7, 11) is 0. The van der Waals surface area contributed by atoms with E-state index in [1.54, 1.807) is 12.4 Å². The highest BCUT2D eigenvalue weighted by atomic mass is 16.2. The van der Waals surface area contributed by atoms with Crippen LogP contribution in [-0.2, 0) is 11.3 Å². The lowest BCUT2D eigenvalue weighted by atomic mass is 10.2. The molecule has 25 heavy (non-hydrogen) atoms. The molecule has 5 nitrogen and oxygen atoms in total. The molecule has 1 aliphatic heterocycles. The smallest absolute Gasteiger partial charge is 0.223 e. The van der Waals surface area contributed by atoms with Crippen LogP contribution in [0.25, 0.3) is 0 Å². The van der Waals surface area contributed by atoms with Crippen LogP contribution < -0.4 is 10.2 Å². The second-order valence-corrected chi connectivity index (χ2v) is 6.49. The molecule has 2 heterocycles. The lowest BCUT2D eigenvalue weighted by Crippen LogP contribution is -2.49. The zero-order valence-corrected chi connectivity index (χ0v) is 14.8. The normalized spacial score (nSPS) is 14.6. The average molecular weight is 338 g/mol. The van der Waals surface area contributed by atoms with Crippen molar-refractivity contribution >= 4 is 11.6 Å². The van der Waals surface area contributed by atoms with Gasteiger partial charge in [-0.05, 0) is 42.3 Å². The molecule has 0 unspecified atom stereocenters. The van der Waals surface area contributed by atoms with Crippen LogP contribution in [0.2, 0.25) is 0 Å². The zero-order chi connectivity index (χ0) is 17.5. The van der Waals surface area contributed by atoms with Crippen molar-refractivity contribution in [1.82, 2.24) is 15.2 Å². The number of aryl methyl sites for hydroxylation is 1. The first kappa shape index (κ1) is 17.4. The highest BCUT2D eigenvalue weighted by molar-refractivity contribution is 5.76. The maximum atomic E-state index is 12.4. The lowest BCUT2D eigenvalue weighted by Gasteiger charge is -2.36. The standard InChI is InChI=1S/C20H26N4O/c1-17-3-2-4-19(15-17)23-11-13-24(14-12-23)20(25)7-10-22-16-18-5-8-21-9-6-18/h2-6,8-9,15,22H,7,10-14,16H2,1H3. The predicted molar refractivity (Wildman–Crippen MR) is 101 cm³/mol. The van der Waals surface area contributed by atoms with E-state index < -0.39 is 0 Å². The molecule has 1 aromatic carbocycles. The molecular formula is C20H26N4O. The van der Waals surface area contributed by atoms with Crippen LogP contribution >= 0.6 is 0 Å². The van der Waals surface area contributed by atoms with E-state index in [2.05, 4.69) is 46.4 Å². The summed E-state index contributed by atoms with van der Waals surface area (Å²) in [5.41, 5.74) is 3.72. The van der Waals surface area contributed by atoms with E-state index in [0.29, 0.717) is 13.0 Å². The first-order valence-corrected chi connectivity index (χ1v) is 8.91. The van der Waals surface area contributed by atoms with Gasteiger partial charge in [-0.15, -0.1) is 0 Å². The van der Waals surface area contributed by atoms with E-state index >= 15 is 0 Å². The number of hydrogen-bond acceptors (Lipinski definition) is 4. The van der Waals surface area contributed by atoms with Crippen LogP contribution in [0.5, 0.6) is 0 Å². The Hall–Kier alpha value is -2.40. The van der Waals surface area contributed by atoms with Crippen LogP contribution in [-0.4, -0.2) is 48.5 Å². The van der Waals surface area contributed by atoms with Crippen LogP contribution in [0.15, 0.2) is 48.8 Å². The number of piperazine rings is 1. The molecule has 5 heteroatoms. The Balaban J connectivity index is 1.38. The van der Waals surface area contributed by atoms with E-state index in [1.165, 1.54) is 16.8 Å². The molecule has 1 aromatic heterocycles. The minimum atomic E-state index is 0.242. The number of hydrogen-bond donors (Lipinski definition) is 1. The van der Waals surface area contributed by atoms with E-state index in [9.17, 15) is 4.79 Å². The number of nitrogens with zero attached hydrogens (tertiary/aromatic N) is 3. The highest BCUT2D eigenvalue weighted by Crippen LogP contribution is 2.18. The van der Waals surface area contributed by atoms with Crippen molar-refractivity contribution in [3.05, 3.63) is 59.9 Å². The zero-order valence-electron chi connectivity index (χ0n) is 14.8. The summed E-state index contributed by atoms with van der Waals surface area (Å²) in [4.78, 5) is 20.7. The quantitative estimate of drug-likeness (QED) is 0.821. The summed E-state index contributed by atoms with van der Waals surface area (Å²) in [5, 5.41) is 3.33. The van der Waals surface area contributed by atoms with Gasteiger partial charge in [0.25, 0.3) is 0 Å². The SMILES string of the molecule is Cc1cccc(N2CCN(C(=O)CCNCc3ccncc3)CC2)c1. The molecular weight excluding hydrogens is 312 g/mol. The molecule has 1 saturated heterocycles. The fourth-order valence-corrected chi connectivity index (χ4v) is 3.13. The summed E-state index contributed by atoms with van der Waals surface area (Å²) >= 11 is 0. The van der Waals surface area contributed by atoms with Gasteiger partial charge in [0, 0.05) is 63.8 Å². The number of amides is 1. The summed E-state index contributed by atoms with van der Waals surface area (Å²) in [6.45, 7) is 7.01. The molecule has 3 rings (SSSR count). The summed E-state index contributed by atoms with van der Waals surface area (Å²) in [5.74, 6) is 0.242. The van der Waals surface area contributed by atoms with Gasteiger partial charge in [-0.1, -0.05) is 12.1 Å². The van der Waals surface area contributed by atoms with Gasteiger partial charge in [-0.3, -0.25) is 9.78 Å². The van der Waals surface area contributed by atoms with Gasteiger partial charge < -0.3 is 15.1 Å². The van der Waals surface area contributed by atoms with Crippen LogP contribution in [0.4, 0.5) is 5.69 Å². The monoisotopic (exact) mass is 338 g/mol. The maximum absolute atomic E-state index is 12.4. The maximum Gasteiger partial charge on any atom is 0.223 e. The average Bonchev–Trinajstić information content (AvgIpc) is 2.66. The molecule has 1 amide bonds. The van der Waals surface area contributed by atoms with Crippen LogP contribution in [0.3, 0.4) is 0 Å². The number of carbonyl (C=O) groups is 1. The van der Waals surface area contributed by atoms with Crippen molar-refractivity contribution < 1.29 is 4.79 Å². The molecule has 1 N–H and O–H groups in total. The van der Waals surface area contributed by atoms with Crippen molar-refractivity contribution in [3.8, 4) is 0 Å². The summed E-state index contributed by atoms with van der Waals surface area (Å²) in [6.07, 6.45) is 4.13. The van der Waals surface area contributed by atoms with Gasteiger partial charge >= 0.3 is 0 Å². The number of rotatable bonds is 6. The fraction of sp³-hybridized carbons (Fsp3) is 0.400. The molecule has 1 aliphatic rings. The summed E-state index contributed by atoms with van der Waals surface area (Å²) in [6, 6.07) is 12.5. The number of carbonyl (C=O) groups excluding carboxylic acids is 1. The highest BCUT2D eigenvalue weighted by Gasteiger charge is 2.20. The molecule has 0 aliphatic carbocycles. The molecule has 0 atom stereocenters. The van der Waals surface area contributed by atoms with Crippen molar-refractivity contribution in [2.75, 3.05) is 37.6 Å². The van der Waals surface area contributed by atoms with Gasteiger partial charge in [0.15, 0.2) is 0 Å². The lowest BCUT2D eigenvalue weighted by molar-refractivity contribution is -0.131. The minimum Gasteiger partial charge on any atom is -0.368 e. The fourth-order valence-electron chi connectivity index (χ4n) is 3.13. The minimum absolute atomic E-state index is 0.242. The summed E-state index contributed by atoms with van der Waals surface area (Å²) < 4.78 is 0. The number of benzene rings is 1.